The van der Waals surface area contributed by atoms with Crippen LogP contribution in [0.5, 0.6) is 5.75 Å². The first-order chi connectivity index (χ1) is 12.5. The Morgan fingerprint density at radius 1 is 1.31 bits per heavy atom. The summed E-state index contributed by atoms with van der Waals surface area (Å²) < 4.78 is 10.6. The van der Waals surface area contributed by atoms with E-state index in [9.17, 15) is 9.59 Å². The first-order valence-corrected chi connectivity index (χ1v) is 9.46. The second-order valence-electron chi connectivity index (χ2n) is 6.17. The van der Waals surface area contributed by atoms with E-state index in [0.29, 0.717) is 23.0 Å². The summed E-state index contributed by atoms with van der Waals surface area (Å²) >= 11 is 1.41. The molecular formula is C19H22N2O4S. The third kappa shape index (κ3) is 3.23. The van der Waals surface area contributed by atoms with Crippen LogP contribution in [0.4, 0.5) is 0 Å². The first kappa shape index (κ1) is 18.5. The number of carbonyl (C=O) groups excluding carboxylic acids is 2. The number of carbonyl (C=O) groups is 2. The molecule has 1 saturated heterocycles. The van der Waals surface area contributed by atoms with Gasteiger partial charge in [-0.05, 0) is 38.0 Å². The van der Waals surface area contributed by atoms with Crippen LogP contribution < -0.4 is 4.74 Å². The number of nitrogens with zero attached hydrogens (tertiary/aromatic N) is 2. The van der Waals surface area contributed by atoms with Crippen LogP contribution in [0, 0.1) is 0 Å². The highest BCUT2D eigenvalue weighted by atomic mass is 32.2. The lowest BCUT2D eigenvalue weighted by atomic mass is 9.94. The van der Waals surface area contributed by atoms with E-state index in [2.05, 4.69) is 4.99 Å². The summed E-state index contributed by atoms with van der Waals surface area (Å²) in [6.45, 7) is 6.31. The summed E-state index contributed by atoms with van der Waals surface area (Å²) in [6, 6.07) is 6.95. The van der Waals surface area contributed by atoms with Gasteiger partial charge in [-0.25, -0.2) is 9.79 Å². The highest BCUT2D eigenvalue weighted by Gasteiger charge is 2.46. The lowest BCUT2D eigenvalue weighted by Gasteiger charge is -2.32. The first-order valence-electron chi connectivity index (χ1n) is 8.58. The fourth-order valence-corrected chi connectivity index (χ4v) is 4.08. The number of rotatable bonds is 5. The van der Waals surface area contributed by atoms with Crippen molar-refractivity contribution in [1.29, 1.82) is 0 Å². The molecule has 1 fully saturated rings. The van der Waals surface area contributed by atoms with Gasteiger partial charge in [0.1, 0.15) is 5.75 Å². The minimum atomic E-state index is -0.542. The number of hydrogen-bond donors (Lipinski definition) is 0. The minimum absolute atomic E-state index is 0.0565. The van der Waals surface area contributed by atoms with Crippen molar-refractivity contribution in [2.45, 2.75) is 38.5 Å². The SMILES string of the molecule is CCCOc1ccc(C2C(C(=O)OC)=C(C)N=C3SC(C)C(=O)N32)cc1. The third-order valence-corrected chi connectivity index (χ3v) is 5.39. The average Bonchev–Trinajstić information content (AvgIpc) is 2.92. The van der Waals surface area contributed by atoms with E-state index >= 15 is 0 Å². The summed E-state index contributed by atoms with van der Waals surface area (Å²) in [4.78, 5) is 31.2. The summed E-state index contributed by atoms with van der Waals surface area (Å²) in [6.07, 6.45) is 0.927. The summed E-state index contributed by atoms with van der Waals surface area (Å²) in [5.74, 6) is 0.231. The zero-order chi connectivity index (χ0) is 18.8. The molecule has 0 aliphatic carbocycles. The van der Waals surface area contributed by atoms with E-state index in [1.54, 1.807) is 11.8 Å². The molecule has 26 heavy (non-hydrogen) atoms. The highest BCUT2D eigenvalue weighted by Crippen LogP contribution is 2.43. The van der Waals surface area contributed by atoms with Crippen LogP contribution in [0.2, 0.25) is 0 Å². The van der Waals surface area contributed by atoms with Crippen LogP contribution in [0.25, 0.3) is 0 Å². The molecule has 138 valence electrons. The van der Waals surface area contributed by atoms with E-state index in [0.717, 1.165) is 17.7 Å². The maximum absolute atomic E-state index is 12.7. The number of hydrogen-bond acceptors (Lipinski definition) is 6. The Morgan fingerprint density at radius 3 is 2.62 bits per heavy atom. The van der Waals surface area contributed by atoms with Crippen LogP contribution in [-0.2, 0) is 14.3 Å². The van der Waals surface area contributed by atoms with Crippen molar-refractivity contribution in [2.75, 3.05) is 13.7 Å². The lowest BCUT2D eigenvalue weighted by molar-refractivity contribution is -0.137. The van der Waals surface area contributed by atoms with E-state index in [-0.39, 0.29) is 11.2 Å². The Kier molecular flexibility index (Phi) is 5.36. The molecule has 0 N–H and O–H groups in total. The number of allylic oxidation sites excluding steroid dienone is 1. The number of fused-ring (bicyclic) bond motifs is 1. The fourth-order valence-electron chi connectivity index (χ4n) is 3.06. The smallest absolute Gasteiger partial charge is 0.338 e. The van der Waals surface area contributed by atoms with Gasteiger partial charge in [-0.15, -0.1) is 0 Å². The second kappa shape index (κ2) is 7.53. The molecule has 0 radical (unpaired) electrons. The molecule has 2 heterocycles. The number of thioether (sulfide) groups is 1. The number of esters is 1. The molecule has 1 aromatic carbocycles. The Hall–Kier alpha value is -2.28. The van der Waals surface area contributed by atoms with Gasteiger partial charge in [0.05, 0.1) is 36.3 Å². The van der Waals surface area contributed by atoms with Gasteiger partial charge in [0, 0.05) is 0 Å². The topological polar surface area (TPSA) is 68.2 Å². The summed E-state index contributed by atoms with van der Waals surface area (Å²) in [7, 11) is 1.34. The molecule has 6 nitrogen and oxygen atoms in total. The predicted octanol–water partition coefficient (Wildman–Crippen LogP) is 3.30. The highest BCUT2D eigenvalue weighted by molar-refractivity contribution is 8.15. The van der Waals surface area contributed by atoms with Crippen molar-refractivity contribution in [1.82, 2.24) is 4.90 Å². The standard InChI is InChI=1S/C19H22N2O4S/c1-5-10-25-14-8-6-13(7-9-14)16-15(18(23)24-4)11(2)20-19-21(16)17(22)12(3)26-19/h6-9,12,16H,5,10H2,1-4H3. The Morgan fingerprint density at radius 2 is 2.00 bits per heavy atom. The minimum Gasteiger partial charge on any atom is -0.494 e. The average molecular weight is 374 g/mol. The number of amidine groups is 1. The molecule has 1 aromatic rings. The maximum Gasteiger partial charge on any atom is 0.338 e. The molecule has 0 saturated carbocycles. The molecule has 0 spiro atoms. The van der Waals surface area contributed by atoms with Crippen molar-refractivity contribution in [3.05, 3.63) is 41.1 Å². The molecule has 0 bridgehead atoms. The van der Waals surface area contributed by atoms with Crippen LogP contribution in [0.15, 0.2) is 40.5 Å². The monoisotopic (exact) mass is 374 g/mol. The molecule has 1 amide bonds. The number of methoxy groups -OCH3 is 1. The molecule has 2 aliphatic rings. The predicted molar refractivity (Wildman–Crippen MR) is 101 cm³/mol. The summed E-state index contributed by atoms with van der Waals surface area (Å²) in [5.41, 5.74) is 1.79. The molecular weight excluding hydrogens is 352 g/mol. The second-order valence-corrected chi connectivity index (χ2v) is 7.48. The zero-order valence-electron chi connectivity index (χ0n) is 15.3. The number of aliphatic imine (C=N–C) groups is 1. The van der Waals surface area contributed by atoms with Gasteiger partial charge < -0.3 is 9.47 Å². The number of benzene rings is 1. The maximum atomic E-state index is 12.7. The summed E-state index contributed by atoms with van der Waals surface area (Å²) in [5, 5.41) is 0.400. The van der Waals surface area contributed by atoms with Gasteiger partial charge in [-0.2, -0.15) is 0 Å². The van der Waals surface area contributed by atoms with Gasteiger partial charge in [-0.3, -0.25) is 9.69 Å². The van der Waals surface area contributed by atoms with Crippen LogP contribution in [0.3, 0.4) is 0 Å². The molecule has 0 aromatic heterocycles. The Bertz CT molecular complexity index is 785. The van der Waals surface area contributed by atoms with E-state index in [1.807, 2.05) is 38.1 Å². The third-order valence-electron chi connectivity index (χ3n) is 4.33. The van der Waals surface area contributed by atoms with Crippen molar-refractivity contribution in [3.63, 3.8) is 0 Å². The van der Waals surface area contributed by atoms with Crippen LogP contribution in [0.1, 0.15) is 38.8 Å². The van der Waals surface area contributed by atoms with Gasteiger partial charge >= 0.3 is 5.97 Å². The zero-order valence-corrected chi connectivity index (χ0v) is 16.1. The van der Waals surface area contributed by atoms with Crippen molar-refractivity contribution >= 4 is 28.8 Å². The van der Waals surface area contributed by atoms with E-state index < -0.39 is 12.0 Å². The van der Waals surface area contributed by atoms with Crippen LogP contribution >= 0.6 is 11.8 Å². The molecule has 2 atom stereocenters. The molecule has 2 unspecified atom stereocenters. The fraction of sp³-hybridized carbons (Fsp3) is 0.421. The molecule has 7 heteroatoms. The molecule has 2 aliphatic heterocycles. The van der Waals surface area contributed by atoms with E-state index in [4.69, 9.17) is 9.47 Å². The van der Waals surface area contributed by atoms with Crippen molar-refractivity contribution in [3.8, 4) is 5.75 Å². The normalized spacial score (nSPS) is 22.2. The molecule has 3 rings (SSSR count). The quantitative estimate of drug-likeness (QED) is 0.740. The lowest BCUT2D eigenvalue weighted by Crippen LogP contribution is -2.40. The largest absolute Gasteiger partial charge is 0.494 e. The van der Waals surface area contributed by atoms with Gasteiger partial charge in [0.15, 0.2) is 5.17 Å². The number of ether oxygens (including phenoxy) is 2. The van der Waals surface area contributed by atoms with Crippen molar-refractivity contribution in [2.24, 2.45) is 4.99 Å². The van der Waals surface area contributed by atoms with Crippen molar-refractivity contribution < 1.29 is 19.1 Å². The van der Waals surface area contributed by atoms with E-state index in [1.165, 1.54) is 18.9 Å². The van der Waals surface area contributed by atoms with Gasteiger partial charge in [0.2, 0.25) is 5.91 Å². The Labute approximate surface area is 157 Å². The van der Waals surface area contributed by atoms with Crippen LogP contribution in [-0.4, -0.2) is 40.9 Å². The number of amides is 1. The Balaban J connectivity index is 2.03. The van der Waals surface area contributed by atoms with Gasteiger partial charge in [-0.1, -0.05) is 30.8 Å². The van der Waals surface area contributed by atoms with Gasteiger partial charge in [0.25, 0.3) is 0 Å².